The van der Waals surface area contributed by atoms with Crippen LogP contribution in [0.25, 0.3) is 0 Å². The van der Waals surface area contributed by atoms with Crippen LogP contribution in [0.2, 0.25) is 0 Å². The maximum Gasteiger partial charge on any atom is 0.0784 e. The molecule has 0 radical (unpaired) electrons. The normalized spacial score (nSPS) is 13.6. The molecule has 0 aliphatic rings. The fourth-order valence-corrected chi connectivity index (χ4v) is 13.7. The zero-order valence-electron chi connectivity index (χ0n) is 66.3. The lowest BCUT2D eigenvalue weighted by Crippen LogP contribution is -2.45. The fraction of sp³-hybridized carbons (Fsp3) is 1.00. The molecule has 0 spiro atoms. The number of phosphoric acid groups is 1. The monoisotopic (exact) mass is 1330 g/mol. The van der Waals surface area contributed by atoms with Gasteiger partial charge in [0.05, 0.1) is 80.0 Å². The van der Waals surface area contributed by atoms with E-state index in [0.29, 0.717) is 0 Å². The molecule has 3 unspecified atom stereocenters. The summed E-state index contributed by atoms with van der Waals surface area (Å²) in [7, 11) is 2.12. The predicted molar refractivity (Wildman–Crippen MR) is 412 cm³/mol. The second-order valence-corrected chi connectivity index (χ2v) is 31.6. The molecule has 0 fully saturated rings. The Labute approximate surface area is 584 Å². The minimum Gasteiger partial charge on any atom is -0.822 e. The minimum atomic E-state index is -5.39. The van der Waals surface area contributed by atoms with Crippen molar-refractivity contribution in [3.8, 4) is 0 Å². The van der Waals surface area contributed by atoms with Crippen LogP contribution in [0.4, 0.5) is 0 Å². The van der Waals surface area contributed by atoms with Gasteiger partial charge in [0.2, 0.25) is 0 Å². The van der Waals surface area contributed by atoms with Crippen LogP contribution in [0.3, 0.4) is 0 Å². The molecule has 560 valence electrons. The van der Waals surface area contributed by atoms with Crippen LogP contribution in [0.15, 0.2) is 0 Å². The minimum absolute atomic E-state index is 1.31. The summed E-state index contributed by atoms with van der Waals surface area (Å²) in [5.41, 5.74) is 0. The first-order valence-corrected chi connectivity index (χ1v) is 44.2. The standard InChI is InChI=1S/3C28H60N.H3O4P/c3*1-5-8-10-12-14-16-18-20-22-24-26-28-29(4,7-3)27-25-23-21-19-17-15-13-11-9-6-2;1-5(2,3)4/h3*5-28H2,1-4H3;(H3,1,2,3,4)/q3*+1;/p-3. The summed E-state index contributed by atoms with van der Waals surface area (Å²) in [6.07, 6.45) is 91.6. The van der Waals surface area contributed by atoms with Gasteiger partial charge < -0.3 is 32.7 Å². The van der Waals surface area contributed by atoms with Gasteiger partial charge in [-0.25, -0.2) is 0 Å². The lowest BCUT2D eigenvalue weighted by Gasteiger charge is -2.36. The summed E-state index contributed by atoms with van der Waals surface area (Å²) in [5.74, 6) is 0. The molecule has 7 nitrogen and oxygen atoms in total. The van der Waals surface area contributed by atoms with Gasteiger partial charge in [0.15, 0.2) is 0 Å². The van der Waals surface area contributed by atoms with Crippen molar-refractivity contribution in [1.29, 1.82) is 0 Å². The van der Waals surface area contributed by atoms with Gasteiger partial charge in [0, 0.05) is 0 Å². The Balaban J connectivity index is -0.000000607. The Morgan fingerprint density at radius 1 is 0.174 bits per heavy atom. The molecule has 0 amide bonds. The van der Waals surface area contributed by atoms with E-state index in [1.165, 1.54) is 477 Å². The average Bonchev–Trinajstić information content (AvgIpc) is 1.57. The van der Waals surface area contributed by atoms with E-state index in [-0.39, 0.29) is 0 Å². The predicted octanol–water partition coefficient (Wildman–Crippen LogP) is 26.2. The Bertz CT molecular complexity index is 1220. The van der Waals surface area contributed by atoms with Gasteiger partial charge in [-0.2, -0.15) is 7.82 Å². The molecular weight excluding hydrogens is 1150 g/mol. The first-order chi connectivity index (χ1) is 44.5. The zero-order chi connectivity index (χ0) is 68.9. The lowest BCUT2D eigenvalue weighted by molar-refractivity contribution is -0.908. The first-order valence-electron chi connectivity index (χ1n) is 42.8. The largest absolute Gasteiger partial charge is 0.822 e. The molecule has 0 saturated carbocycles. The Morgan fingerprint density at radius 2 is 0.250 bits per heavy atom. The third-order valence-electron chi connectivity index (χ3n) is 21.3. The summed E-state index contributed by atoms with van der Waals surface area (Å²) in [6, 6.07) is 0. The summed E-state index contributed by atoms with van der Waals surface area (Å²) >= 11 is 0. The van der Waals surface area contributed by atoms with E-state index in [0.717, 1.165) is 0 Å². The summed E-state index contributed by atoms with van der Waals surface area (Å²) in [5, 5.41) is 0. The Hall–Kier alpha value is -0.0100. The third-order valence-corrected chi connectivity index (χ3v) is 21.3. The number of nitrogens with zero attached hydrogens (tertiary/aromatic N) is 3. The molecule has 0 heterocycles. The van der Waals surface area contributed by atoms with Crippen molar-refractivity contribution in [2.24, 2.45) is 0 Å². The van der Waals surface area contributed by atoms with Crippen molar-refractivity contribution < 1.29 is 32.7 Å². The molecule has 0 aliphatic heterocycles. The molecule has 0 N–H and O–H groups in total. The van der Waals surface area contributed by atoms with Crippen molar-refractivity contribution >= 4 is 7.82 Å². The van der Waals surface area contributed by atoms with Crippen molar-refractivity contribution in [2.75, 3.05) is 80.0 Å². The summed E-state index contributed by atoms with van der Waals surface area (Å²) in [4.78, 5) is 25.6. The maximum absolute atomic E-state index is 8.55. The van der Waals surface area contributed by atoms with Crippen molar-refractivity contribution in [2.45, 2.75) is 467 Å². The van der Waals surface area contributed by atoms with Crippen LogP contribution in [-0.4, -0.2) is 93.5 Å². The first kappa shape index (κ1) is 98.4. The van der Waals surface area contributed by atoms with Crippen molar-refractivity contribution in [1.82, 2.24) is 0 Å². The van der Waals surface area contributed by atoms with Crippen LogP contribution in [0, 0.1) is 0 Å². The number of rotatable bonds is 72. The summed E-state index contributed by atoms with van der Waals surface area (Å²) in [6.45, 7) is 33.4. The number of hydrogen-bond acceptors (Lipinski definition) is 4. The second kappa shape index (κ2) is 80.0. The van der Waals surface area contributed by atoms with Gasteiger partial charge in [-0.05, 0) is 97.8 Å². The van der Waals surface area contributed by atoms with E-state index in [1.54, 1.807) is 0 Å². The van der Waals surface area contributed by atoms with E-state index < -0.39 is 7.82 Å². The maximum atomic E-state index is 8.55. The van der Waals surface area contributed by atoms with Gasteiger partial charge in [0.1, 0.15) is 0 Å². The van der Waals surface area contributed by atoms with Crippen LogP contribution in [0.5, 0.6) is 0 Å². The smallest absolute Gasteiger partial charge is 0.0784 e. The molecule has 0 saturated heterocycles. The Kier molecular flexibility index (Phi) is 85.5. The SMILES string of the molecule is CCCCCCCCCCCCC[N+](C)(CC)CCCCCCCCCCCC.CCCCCCCCCCCCC[N+](C)(CC)CCCCCCCCCCCC.CCCCCCCCCCCCC[N+](C)(CC)CCCCCCCCCCCC.O=P([O-])([O-])[O-]. The molecule has 0 aromatic rings. The molecule has 0 aliphatic carbocycles. The molecule has 0 aromatic carbocycles. The molecule has 92 heavy (non-hydrogen) atoms. The van der Waals surface area contributed by atoms with Gasteiger partial charge in [0.25, 0.3) is 0 Å². The highest BCUT2D eigenvalue weighted by Gasteiger charge is 2.20. The molecule has 0 bridgehead atoms. The molecule has 0 aromatic heterocycles. The van der Waals surface area contributed by atoms with Crippen molar-refractivity contribution in [3.63, 3.8) is 0 Å². The second-order valence-electron chi connectivity index (χ2n) is 30.7. The van der Waals surface area contributed by atoms with E-state index in [2.05, 4.69) is 83.5 Å². The van der Waals surface area contributed by atoms with E-state index >= 15 is 0 Å². The average molecular weight is 1330 g/mol. The van der Waals surface area contributed by atoms with E-state index in [1.807, 2.05) is 0 Å². The summed E-state index contributed by atoms with van der Waals surface area (Å²) < 4.78 is 12.5. The highest BCUT2D eigenvalue weighted by Crippen LogP contribution is 2.20. The van der Waals surface area contributed by atoms with Crippen LogP contribution >= 0.6 is 7.82 Å². The number of unbranched alkanes of at least 4 members (excludes halogenated alkanes) is 57. The molecule has 3 atom stereocenters. The molecule has 8 heteroatoms. The number of hydrogen-bond donors (Lipinski definition) is 0. The number of quaternary nitrogens is 3. The highest BCUT2D eigenvalue weighted by molar-refractivity contribution is 7.40. The van der Waals surface area contributed by atoms with Gasteiger partial charge >= 0.3 is 0 Å². The van der Waals surface area contributed by atoms with E-state index in [4.69, 9.17) is 19.2 Å². The molecule has 0 rings (SSSR count). The third kappa shape index (κ3) is 88.0. The fourth-order valence-electron chi connectivity index (χ4n) is 13.7. The Morgan fingerprint density at radius 3 is 0.326 bits per heavy atom. The van der Waals surface area contributed by atoms with Gasteiger partial charge in [-0.15, -0.1) is 0 Å². The lowest BCUT2D eigenvalue weighted by atomic mass is 10.1. The van der Waals surface area contributed by atoms with E-state index in [9.17, 15) is 0 Å². The zero-order valence-corrected chi connectivity index (χ0v) is 67.2. The van der Waals surface area contributed by atoms with Gasteiger partial charge in [-0.1, -0.05) is 369 Å². The highest BCUT2D eigenvalue weighted by atomic mass is 31.2. The van der Waals surface area contributed by atoms with Crippen molar-refractivity contribution in [3.05, 3.63) is 0 Å². The molecular formula is C84H180N3O4P. The van der Waals surface area contributed by atoms with Crippen LogP contribution in [-0.2, 0) is 4.57 Å². The van der Waals surface area contributed by atoms with Crippen LogP contribution in [0.1, 0.15) is 467 Å². The van der Waals surface area contributed by atoms with Crippen LogP contribution < -0.4 is 14.7 Å². The quantitative estimate of drug-likeness (QED) is 0.0345. The topological polar surface area (TPSA) is 86.2 Å². The van der Waals surface area contributed by atoms with Gasteiger partial charge in [-0.3, -0.25) is 0 Å².